The molecule has 4 nitrogen and oxygen atoms in total. The molecule has 1 fully saturated rings. The van der Waals surface area contributed by atoms with E-state index in [1.165, 1.54) is 48.7 Å². The highest BCUT2D eigenvalue weighted by Gasteiger charge is 2.16. The average molecular weight is 406 g/mol. The van der Waals surface area contributed by atoms with E-state index in [9.17, 15) is 4.79 Å². The number of aromatic nitrogens is 1. The molecule has 1 heterocycles. The molecule has 0 saturated heterocycles. The van der Waals surface area contributed by atoms with Gasteiger partial charge in [-0.2, -0.15) is 0 Å². The summed E-state index contributed by atoms with van der Waals surface area (Å²) in [6.45, 7) is 4.99. The number of rotatable bonds is 7. The van der Waals surface area contributed by atoms with Crippen LogP contribution in [0.15, 0.2) is 36.4 Å². The summed E-state index contributed by atoms with van der Waals surface area (Å²) < 4.78 is 6.34. The van der Waals surface area contributed by atoms with Gasteiger partial charge >= 0.3 is 5.97 Å². The first-order chi connectivity index (χ1) is 14.5. The van der Waals surface area contributed by atoms with Gasteiger partial charge in [-0.15, -0.1) is 0 Å². The second-order valence-electron chi connectivity index (χ2n) is 8.67. The molecule has 2 N–H and O–H groups in total. The third-order valence-electron chi connectivity index (χ3n) is 6.49. The van der Waals surface area contributed by atoms with Crippen molar-refractivity contribution in [3.8, 4) is 16.9 Å². The van der Waals surface area contributed by atoms with Gasteiger partial charge in [-0.05, 0) is 80.0 Å². The second kappa shape index (κ2) is 8.95. The maximum Gasteiger partial charge on any atom is 0.303 e. The summed E-state index contributed by atoms with van der Waals surface area (Å²) in [6.07, 6.45) is 7.11. The zero-order valence-corrected chi connectivity index (χ0v) is 18.0. The first-order valence-electron chi connectivity index (χ1n) is 11.1. The molecule has 1 aliphatic carbocycles. The number of carboxylic acid groups (broad SMARTS) is 1. The molecule has 158 valence electrons. The summed E-state index contributed by atoms with van der Waals surface area (Å²) in [5.41, 5.74) is 6.78. The lowest BCUT2D eigenvalue weighted by Gasteiger charge is -2.23. The predicted octanol–water partition coefficient (Wildman–Crippen LogP) is 6.43. The Balaban J connectivity index is 1.67. The summed E-state index contributed by atoms with van der Waals surface area (Å²) in [5, 5.41) is 10.3. The van der Waals surface area contributed by atoms with Gasteiger partial charge in [0.15, 0.2) is 0 Å². The summed E-state index contributed by atoms with van der Waals surface area (Å²) >= 11 is 0. The fourth-order valence-corrected chi connectivity index (χ4v) is 4.53. The minimum absolute atomic E-state index is 0.136. The largest absolute Gasteiger partial charge is 0.493 e. The number of aliphatic carboxylic acids is 1. The second-order valence-corrected chi connectivity index (χ2v) is 8.67. The Hall–Kier alpha value is -2.75. The maximum atomic E-state index is 11.0. The standard InChI is InChI=1S/C26H31NO3/c1-17-18(2)27-24-11-10-21(15-22(17)24)23-14-19(9-13-26(28)29)8-12-25(23)30-16-20-6-4-3-5-7-20/h8,10-12,14-15,20,27H,3-7,9,13,16H2,1-2H3,(H,28,29). The van der Waals surface area contributed by atoms with Crippen molar-refractivity contribution in [1.29, 1.82) is 0 Å². The topological polar surface area (TPSA) is 62.3 Å². The summed E-state index contributed by atoms with van der Waals surface area (Å²) in [7, 11) is 0. The van der Waals surface area contributed by atoms with Crippen molar-refractivity contribution in [3.05, 3.63) is 53.2 Å². The van der Waals surface area contributed by atoms with E-state index >= 15 is 0 Å². The summed E-state index contributed by atoms with van der Waals surface area (Å²) in [6, 6.07) is 12.6. The van der Waals surface area contributed by atoms with E-state index in [2.05, 4.69) is 43.1 Å². The number of aromatic amines is 1. The number of hydrogen-bond donors (Lipinski definition) is 2. The molecule has 0 atom stereocenters. The monoisotopic (exact) mass is 405 g/mol. The van der Waals surface area contributed by atoms with Gasteiger partial charge in [0.25, 0.3) is 0 Å². The van der Waals surface area contributed by atoms with E-state index in [4.69, 9.17) is 9.84 Å². The van der Waals surface area contributed by atoms with Gasteiger partial charge in [0.1, 0.15) is 5.75 Å². The van der Waals surface area contributed by atoms with Crippen LogP contribution in [0, 0.1) is 19.8 Å². The van der Waals surface area contributed by atoms with E-state index in [0.717, 1.165) is 34.6 Å². The predicted molar refractivity (Wildman–Crippen MR) is 121 cm³/mol. The Kier molecular flexibility index (Phi) is 6.12. The van der Waals surface area contributed by atoms with Gasteiger partial charge in [-0.25, -0.2) is 0 Å². The first-order valence-corrected chi connectivity index (χ1v) is 11.1. The molecule has 0 aliphatic heterocycles. The number of aryl methyl sites for hydroxylation is 3. The average Bonchev–Trinajstić information content (AvgIpc) is 3.05. The van der Waals surface area contributed by atoms with Crippen LogP contribution in [0.1, 0.15) is 55.3 Å². The van der Waals surface area contributed by atoms with Crippen molar-refractivity contribution in [3.63, 3.8) is 0 Å². The number of ether oxygens (including phenoxy) is 1. The Labute approximate surface area is 178 Å². The van der Waals surface area contributed by atoms with Gasteiger partial charge in [-0.3, -0.25) is 4.79 Å². The van der Waals surface area contributed by atoms with E-state index in [1.54, 1.807) is 0 Å². The molecule has 0 spiro atoms. The Bertz CT molecular complexity index is 1040. The van der Waals surface area contributed by atoms with E-state index in [0.29, 0.717) is 12.3 Å². The van der Waals surface area contributed by atoms with Gasteiger partial charge in [-0.1, -0.05) is 31.4 Å². The molecule has 3 aromatic rings. The highest BCUT2D eigenvalue weighted by molar-refractivity contribution is 5.89. The number of benzene rings is 2. The van der Waals surface area contributed by atoms with Crippen molar-refractivity contribution >= 4 is 16.9 Å². The molecular formula is C26H31NO3. The van der Waals surface area contributed by atoms with Crippen molar-refractivity contribution in [2.24, 2.45) is 5.92 Å². The Morgan fingerprint density at radius 1 is 1.10 bits per heavy atom. The van der Waals surface area contributed by atoms with Crippen LogP contribution in [0.4, 0.5) is 0 Å². The van der Waals surface area contributed by atoms with E-state index in [1.807, 2.05) is 12.1 Å². The van der Waals surface area contributed by atoms with Crippen molar-refractivity contribution in [2.75, 3.05) is 6.61 Å². The first kappa shape index (κ1) is 20.5. The fourth-order valence-electron chi connectivity index (χ4n) is 4.53. The molecule has 1 aromatic heterocycles. The number of hydrogen-bond acceptors (Lipinski definition) is 2. The van der Waals surface area contributed by atoms with Gasteiger partial charge in [0, 0.05) is 28.6 Å². The van der Waals surface area contributed by atoms with E-state index < -0.39 is 5.97 Å². The van der Waals surface area contributed by atoms with Crippen molar-refractivity contribution < 1.29 is 14.6 Å². The van der Waals surface area contributed by atoms with Crippen molar-refractivity contribution in [1.82, 2.24) is 4.98 Å². The summed E-state index contributed by atoms with van der Waals surface area (Å²) in [4.78, 5) is 14.5. The lowest BCUT2D eigenvalue weighted by atomic mass is 9.90. The minimum Gasteiger partial charge on any atom is -0.493 e. The van der Waals surface area contributed by atoms with Crippen LogP contribution >= 0.6 is 0 Å². The van der Waals surface area contributed by atoms with Gasteiger partial charge in [0.2, 0.25) is 0 Å². The van der Waals surface area contributed by atoms with Crippen molar-refractivity contribution in [2.45, 2.75) is 58.8 Å². The molecule has 4 rings (SSSR count). The molecule has 0 amide bonds. The van der Waals surface area contributed by atoms with Crippen LogP contribution in [0.2, 0.25) is 0 Å². The highest BCUT2D eigenvalue weighted by atomic mass is 16.5. The molecule has 30 heavy (non-hydrogen) atoms. The molecule has 1 saturated carbocycles. The van der Waals surface area contributed by atoms with Gasteiger partial charge < -0.3 is 14.8 Å². The van der Waals surface area contributed by atoms with Gasteiger partial charge in [0.05, 0.1) is 6.61 Å². The SMILES string of the molecule is Cc1[nH]c2ccc(-c3cc(CCC(=O)O)ccc3OCC3CCCCC3)cc2c1C. The lowest BCUT2D eigenvalue weighted by Crippen LogP contribution is -2.15. The minimum atomic E-state index is -0.769. The Morgan fingerprint density at radius 3 is 2.67 bits per heavy atom. The van der Waals surface area contributed by atoms with Crippen LogP contribution in [0.3, 0.4) is 0 Å². The van der Waals surface area contributed by atoms with Crippen LogP contribution in [0.5, 0.6) is 5.75 Å². The smallest absolute Gasteiger partial charge is 0.303 e. The molecule has 2 aromatic carbocycles. The number of fused-ring (bicyclic) bond motifs is 1. The molecule has 0 unspecified atom stereocenters. The zero-order chi connectivity index (χ0) is 21.1. The summed E-state index contributed by atoms with van der Waals surface area (Å²) in [5.74, 6) is 0.758. The Morgan fingerprint density at radius 2 is 1.90 bits per heavy atom. The molecule has 1 aliphatic rings. The van der Waals surface area contributed by atoms with Crippen LogP contribution in [-0.4, -0.2) is 22.7 Å². The molecule has 0 radical (unpaired) electrons. The normalized spacial score (nSPS) is 14.9. The van der Waals surface area contributed by atoms with Crippen LogP contribution in [0.25, 0.3) is 22.0 Å². The number of H-pyrrole nitrogens is 1. The van der Waals surface area contributed by atoms with E-state index in [-0.39, 0.29) is 6.42 Å². The maximum absolute atomic E-state index is 11.0. The lowest BCUT2D eigenvalue weighted by molar-refractivity contribution is -0.136. The molecule has 0 bridgehead atoms. The quantitative estimate of drug-likeness (QED) is 0.476. The third-order valence-corrected chi connectivity index (χ3v) is 6.49. The van der Waals surface area contributed by atoms with Crippen LogP contribution < -0.4 is 4.74 Å². The molecular weight excluding hydrogens is 374 g/mol. The number of carboxylic acids is 1. The highest BCUT2D eigenvalue weighted by Crippen LogP contribution is 2.35. The number of nitrogens with one attached hydrogen (secondary N) is 1. The zero-order valence-electron chi connectivity index (χ0n) is 18.0. The fraction of sp³-hybridized carbons (Fsp3) is 0.423. The molecule has 4 heteroatoms. The van der Waals surface area contributed by atoms with Crippen LogP contribution in [-0.2, 0) is 11.2 Å². The third kappa shape index (κ3) is 4.53. The number of carbonyl (C=O) groups is 1.